The summed E-state index contributed by atoms with van der Waals surface area (Å²) in [5.74, 6) is -0.0535. The number of hydrogen-bond acceptors (Lipinski definition) is 5. The van der Waals surface area contributed by atoms with Gasteiger partial charge in [0, 0.05) is 0 Å². The molecule has 1 unspecified atom stereocenters. The van der Waals surface area contributed by atoms with E-state index in [1.807, 2.05) is 0 Å². The molecule has 0 aliphatic heterocycles. The summed E-state index contributed by atoms with van der Waals surface area (Å²) in [5.41, 5.74) is 0.658. The van der Waals surface area contributed by atoms with Gasteiger partial charge < -0.3 is 9.47 Å². The first-order chi connectivity index (χ1) is 12.9. The van der Waals surface area contributed by atoms with Crippen molar-refractivity contribution in [3.8, 4) is 5.75 Å². The first-order valence-corrected chi connectivity index (χ1v) is 9.53. The van der Waals surface area contributed by atoms with E-state index in [1.54, 1.807) is 42.5 Å². The number of allylic oxidation sites excluding steroid dienone is 2. The maximum Gasteiger partial charge on any atom is 0.335 e. The largest absolute Gasteiger partial charge is 0.497 e. The number of methoxy groups -OCH3 is 2. The number of rotatable bonds is 8. The van der Waals surface area contributed by atoms with Crippen LogP contribution >= 0.6 is 0 Å². The Morgan fingerprint density at radius 3 is 2.22 bits per heavy atom. The number of benzene rings is 2. The second-order valence-electron chi connectivity index (χ2n) is 5.49. The Morgan fingerprint density at radius 1 is 1.07 bits per heavy atom. The first kappa shape index (κ1) is 20.4. The molecule has 7 heteroatoms. The Balaban J connectivity index is 2.53. The summed E-state index contributed by atoms with van der Waals surface area (Å²) in [6, 6.07) is 13.7. The Hall–Kier alpha value is -2.90. The SMILES string of the molecule is C=C/C=C(/C(=O)OC)C(NS(=O)(=O)c1ccccc1)c1ccc(OC)cc1. The number of esters is 1. The van der Waals surface area contributed by atoms with E-state index in [1.165, 1.54) is 38.5 Å². The molecular weight excluding hydrogens is 366 g/mol. The summed E-state index contributed by atoms with van der Waals surface area (Å²) in [5, 5.41) is 0. The average molecular weight is 387 g/mol. The second-order valence-corrected chi connectivity index (χ2v) is 7.20. The lowest BCUT2D eigenvalue weighted by molar-refractivity contribution is -0.136. The van der Waals surface area contributed by atoms with Crippen LogP contribution in [-0.2, 0) is 19.6 Å². The number of nitrogens with one attached hydrogen (secondary N) is 1. The van der Waals surface area contributed by atoms with E-state index in [2.05, 4.69) is 11.3 Å². The van der Waals surface area contributed by atoms with Gasteiger partial charge in [-0.05, 0) is 29.8 Å². The van der Waals surface area contributed by atoms with Gasteiger partial charge in [-0.2, -0.15) is 4.72 Å². The Labute approximate surface area is 159 Å². The lowest BCUT2D eigenvalue weighted by Gasteiger charge is -2.21. The smallest absolute Gasteiger partial charge is 0.335 e. The third-order valence-corrected chi connectivity index (χ3v) is 5.24. The van der Waals surface area contributed by atoms with Crippen molar-refractivity contribution in [2.75, 3.05) is 14.2 Å². The maximum atomic E-state index is 12.8. The van der Waals surface area contributed by atoms with E-state index in [0.29, 0.717) is 11.3 Å². The van der Waals surface area contributed by atoms with Crippen LogP contribution < -0.4 is 9.46 Å². The molecule has 0 saturated carbocycles. The van der Waals surface area contributed by atoms with Gasteiger partial charge >= 0.3 is 5.97 Å². The highest BCUT2D eigenvalue weighted by Gasteiger charge is 2.28. The van der Waals surface area contributed by atoms with Crippen LogP contribution in [-0.4, -0.2) is 28.6 Å². The van der Waals surface area contributed by atoms with E-state index in [9.17, 15) is 13.2 Å². The van der Waals surface area contributed by atoms with Crippen molar-refractivity contribution in [2.24, 2.45) is 0 Å². The van der Waals surface area contributed by atoms with Crippen LogP contribution in [0.5, 0.6) is 5.75 Å². The van der Waals surface area contributed by atoms with Crippen molar-refractivity contribution in [1.29, 1.82) is 0 Å². The summed E-state index contributed by atoms with van der Waals surface area (Å²) in [6.07, 6.45) is 2.83. The molecule has 0 aliphatic carbocycles. The van der Waals surface area contributed by atoms with Crippen LogP contribution in [0.25, 0.3) is 0 Å². The van der Waals surface area contributed by atoms with E-state index < -0.39 is 22.0 Å². The fraction of sp³-hybridized carbons (Fsp3) is 0.150. The minimum Gasteiger partial charge on any atom is -0.497 e. The predicted molar refractivity (Wildman–Crippen MR) is 103 cm³/mol. The minimum atomic E-state index is -3.89. The molecule has 6 nitrogen and oxygen atoms in total. The van der Waals surface area contributed by atoms with Crippen LogP contribution in [0, 0.1) is 0 Å². The monoisotopic (exact) mass is 387 g/mol. The summed E-state index contributed by atoms with van der Waals surface area (Å²) in [7, 11) is -1.13. The molecule has 0 aliphatic rings. The van der Waals surface area contributed by atoms with Crippen molar-refractivity contribution < 1.29 is 22.7 Å². The van der Waals surface area contributed by atoms with Gasteiger partial charge in [0.25, 0.3) is 0 Å². The van der Waals surface area contributed by atoms with E-state index >= 15 is 0 Å². The minimum absolute atomic E-state index is 0.0892. The van der Waals surface area contributed by atoms with Crippen molar-refractivity contribution >= 4 is 16.0 Å². The van der Waals surface area contributed by atoms with Gasteiger partial charge in [-0.1, -0.05) is 49.1 Å². The third-order valence-electron chi connectivity index (χ3n) is 3.81. The van der Waals surface area contributed by atoms with Crippen molar-refractivity contribution in [3.63, 3.8) is 0 Å². The van der Waals surface area contributed by atoms with Gasteiger partial charge in [-0.25, -0.2) is 13.2 Å². The van der Waals surface area contributed by atoms with Gasteiger partial charge in [0.2, 0.25) is 10.0 Å². The van der Waals surface area contributed by atoms with Gasteiger partial charge in [0.1, 0.15) is 5.75 Å². The van der Waals surface area contributed by atoms with Crippen LogP contribution in [0.2, 0.25) is 0 Å². The molecule has 27 heavy (non-hydrogen) atoms. The molecule has 1 atom stereocenters. The second kappa shape index (κ2) is 9.16. The topological polar surface area (TPSA) is 81.7 Å². The molecule has 0 aromatic heterocycles. The molecule has 2 aromatic carbocycles. The van der Waals surface area contributed by atoms with Gasteiger partial charge in [-0.15, -0.1) is 0 Å². The molecule has 0 bridgehead atoms. The molecule has 2 aromatic rings. The zero-order valence-corrected chi connectivity index (χ0v) is 15.9. The molecule has 0 radical (unpaired) electrons. The molecule has 1 N–H and O–H groups in total. The highest BCUT2D eigenvalue weighted by Crippen LogP contribution is 2.27. The van der Waals surface area contributed by atoms with E-state index in [4.69, 9.17) is 9.47 Å². The molecule has 2 rings (SSSR count). The van der Waals surface area contributed by atoms with Crippen LogP contribution in [0.4, 0.5) is 0 Å². The predicted octanol–water partition coefficient (Wildman–Crippen LogP) is 3.00. The summed E-state index contributed by atoms with van der Waals surface area (Å²) in [4.78, 5) is 12.4. The quantitative estimate of drug-likeness (QED) is 0.428. The highest BCUT2D eigenvalue weighted by atomic mass is 32.2. The number of ether oxygens (including phenoxy) is 2. The third kappa shape index (κ3) is 5.06. The van der Waals surface area contributed by atoms with Gasteiger partial charge in [0.05, 0.1) is 30.7 Å². The fourth-order valence-corrected chi connectivity index (χ4v) is 3.68. The maximum absolute atomic E-state index is 12.8. The Kier molecular flexibility index (Phi) is 6.92. The van der Waals surface area contributed by atoms with Crippen LogP contribution in [0.15, 0.2) is 83.8 Å². The molecule has 0 saturated heterocycles. The number of sulfonamides is 1. The van der Waals surface area contributed by atoms with E-state index in [-0.39, 0.29) is 10.5 Å². The molecule has 0 spiro atoms. The Bertz CT molecular complexity index is 919. The highest BCUT2D eigenvalue weighted by molar-refractivity contribution is 7.89. The van der Waals surface area contributed by atoms with E-state index in [0.717, 1.165) is 0 Å². The van der Waals surface area contributed by atoms with Gasteiger partial charge in [0.15, 0.2) is 0 Å². The molecule has 142 valence electrons. The zero-order valence-electron chi connectivity index (χ0n) is 15.1. The standard InChI is InChI=1S/C20H21NO5S/c1-4-8-18(20(22)26-3)19(15-11-13-16(25-2)14-12-15)21-27(23,24)17-9-6-5-7-10-17/h4-14,19,21H,1H2,2-3H3/b18-8+. The average Bonchev–Trinajstić information content (AvgIpc) is 2.70. The molecule has 0 amide bonds. The zero-order chi connectivity index (χ0) is 19.9. The van der Waals surface area contributed by atoms with Crippen LogP contribution in [0.3, 0.4) is 0 Å². The fourth-order valence-electron chi connectivity index (χ4n) is 2.46. The van der Waals surface area contributed by atoms with Crippen LogP contribution in [0.1, 0.15) is 11.6 Å². The van der Waals surface area contributed by atoms with Crippen molar-refractivity contribution in [3.05, 3.63) is 84.5 Å². The number of carbonyl (C=O) groups is 1. The molecule has 0 fully saturated rings. The van der Waals surface area contributed by atoms with Gasteiger partial charge in [-0.3, -0.25) is 0 Å². The lowest BCUT2D eigenvalue weighted by atomic mass is 9.99. The number of carbonyl (C=O) groups excluding carboxylic acids is 1. The van der Waals surface area contributed by atoms with Crippen molar-refractivity contribution in [1.82, 2.24) is 4.72 Å². The van der Waals surface area contributed by atoms with Crippen molar-refractivity contribution in [2.45, 2.75) is 10.9 Å². The molecular formula is C20H21NO5S. The summed E-state index contributed by atoms with van der Waals surface area (Å²) in [6.45, 7) is 3.59. The summed E-state index contributed by atoms with van der Waals surface area (Å²) >= 11 is 0. The molecule has 0 heterocycles. The normalized spacial score (nSPS) is 12.9. The Morgan fingerprint density at radius 2 is 1.70 bits per heavy atom. The lowest BCUT2D eigenvalue weighted by Crippen LogP contribution is -2.32. The summed E-state index contributed by atoms with van der Waals surface area (Å²) < 4.78 is 38.2. The first-order valence-electron chi connectivity index (χ1n) is 8.05. The number of hydrogen-bond donors (Lipinski definition) is 1.